The molecule has 2 rings (SSSR count). The van der Waals surface area contributed by atoms with Crippen LogP contribution >= 0.6 is 0 Å². The first-order valence-electron chi connectivity index (χ1n) is 7.43. The molecule has 7 heteroatoms. The summed E-state index contributed by atoms with van der Waals surface area (Å²) in [7, 11) is 0. The number of amides is 1. The van der Waals surface area contributed by atoms with Crippen LogP contribution in [0.25, 0.3) is 0 Å². The average molecular weight is 303 g/mol. The van der Waals surface area contributed by atoms with E-state index in [4.69, 9.17) is 5.53 Å². The summed E-state index contributed by atoms with van der Waals surface area (Å²) >= 11 is 0. The quantitative estimate of drug-likeness (QED) is 0.491. The molecule has 0 bridgehead atoms. The van der Waals surface area contributed by atoms with Crippen LogP contribution in [0.1, 0.15) is 33.6 Å². The number of aliphatic imine (C=N–C) groups is 1. The van der Waals surface area contributed by atoms with Gasteiger partial charge in [-0.15, -0.1) is 5.10 Å². The Hall–Kier alpha value is -2.18. The SMILES string of the molecule is C/C(=N\N=N)C1=NC=CC(C(=O)N2CCC(=O)C[C@H]2C)C1C. The Morgan fingerprint density at radius 1 is 1.45 bits per heavy atom. The van der Waals surface area contributed by atoms with E-state index < -0.39 is 0 Å². The van der Waals surface area contributed by atoms with Gasteiger partial charge in [-0.2, -0.15) is 5.53 Å². The van der Waals surface area contributed by atoms with E-state index in [1.54, 1.807) is 24.1 Å². The summed E-state index contributed by atoms with van der Waals surface area (Å²) < 4.78 is 0. The summed E-state index contributed by atoms with van der Waals surface area (Å²) in [6.45, 7) is 6.05. The molecule has 0 spiro atoms. The van der Waals surface area contributed by atoms with E-state index in [9.17, 15) is 9.59 Å². The second-order valence-corrected chi connectivity index (χ2v) is 5.83. The number of hydrogen-bond donors (Lipinski definition) is 1. The van der Waals surface area contributed by atoms with Gasteiger partial charge in [0.1, 0.15) is 5.78 Å². The van der Waals surface area contributed by atoms with Gasteiger partial charge in [0.05, 0.1) is 17.3 Å². The molecule has 7 nitrogen and oxygen atoms in total. The number of piperidine rings is 1. The van der Waals surface area contributed by atoms with Crippen LogP contribution in [0.3, 0.4) is 0 Å². The van der Waals surface area contributed by atoms with Crippen LogP contribution in [0.15, 0.2) is 27.6 Å². The molecule has 2 heterocycles. The van der Waals surface area contributed by atoms with Crippen molar-refractivity contribution in [2.24, 2.45) is 27.2 Å². The summed E-state index contributed by atoms with van der Waals surface area (Å²) in [5, 5.41) is 6.73. The molecule has 0 saturated carbocycles. The van der Waals surface area contributed by atoms with Gasteiger partial charge in [-0.3, -0.25) is 14.6 Å². The highest BCUT2D eigenvalue weighted by Gasteiger charge is 2.36. The maximum absolute atomic E-state index is 12.8. The van der Waals surface area contributed by atoms with Gasteiger partial charge in [0.15, 0.2) is 0 Å². The second kappa shape index (κ2) is 6.72. The lowest BCUT2D eigenvalue weighted by molar-refractivity contribution is -0.140. The molecule has 22 heavy (non-hydrogen) atoms. The summed E-state index contributed by atoms with van der Waals surface area (Å²) in [6, 6.07) is -0.0605. The maximum atomic E-state index is 12.8. The number of rotatable bonds is 3. The van der Waals surface area contributed by atoms with E-state index in [-0.39, 0.29) is 29.6 Å². The largest absolute Gasteiger partial charge is 0.339 e. The lowest BCUT2D eigenvalue weighted by Gasteiger charge is -2.36. The molecule has 3 atom stereocenters. The first-order chi connectivity index (χ1) is 10.5. The molecule has 0 aromatic carbocycles. The monoisotopic (exact) mass is 303 g/mol. The summed E-state index contributed by atoms with van der Waals surface area (Å²) in [4.78, 5) is 30.4. The predicted molar refractivity (Wildman–Crippen MR) is 82.9 cm³/mol. The van der Waals surface area contributed by atoms with Crippen LogP contribution in [0, 0.1) is 17.4 Å². The molecule has 1 saturated heterocycles. The number of likely N-dealkylation sites (tertiary alicyclic amines) is 1. The topological polar surface area (TPSA) is 98.3 Å². The molecule has 2 aliphatic heterocycles. The lowest BCUT2D eigenvalue weighted by atomic mass is 9.84. The standard InChI is InChI=1S/C15H21N5O2/c1-9-8-12(21)5-7-20(9)15(22)13-4-6-17-14(10(13)2)11(3)18-19-16/h4,6,9-10,13,16H,5,7-8H2,1-3H3/b18-11+,19-16?/t9-,10?,13?/m1/s1. The highest BCUT2D eigenvalue weighted by molar-refractivity contribution is 6.42. The van der Waals surface area contributed by atoms with Gasteiger partial charge in [0, 0.05) is 37.5 Å². The van der Waals surface area contributed by atoms with Crippen LogP contribution in [0.2, 0.25) is 0 Å². The molecule has 1 amide bonds. The fraction of sp³-hybridized carbons (Fsp3) is 0.600. The number of nitrogens with one attached hydrogen (secondary N) is 1. The molecule has 1 N–H and O–H groups in total. The molecule has 118 valence electrons. The third-order valence-electron chi connectivity index (χ3n) is 4.30. The summed E-state index contributed by atoms with van der Waals surface area (Å²) in [5.41, 5.74) is 8.04. The summed E-state index contributed by atoms with van der Waals surface area (Å²) in [5.74, 6) is -0.218. The fourth-order valence-corrected chi connectivity index (χ4v) is 3.04. The van der Waals surface area contributed by atoms with E-state index in [0.29, 0.717) is 30.8 Å². The van der Waals surface area contributed by atoms with Gasteiger partial charge in [0.25, 0.3) is 0 Å². The van der Waals surface area contributed by atoms with Crippen LogP contribution in [-0.2, 0) is 9.59 Å². The molecule has 0 radical (unpaired) electrons. The minimum Gasteiger partial charge on any atom is -0.339 e. The van der Waals surface area contributed by atoms with E-state index in [2.05, 4.69) is 15.3 Å². The Morgan fingerprint density at radius 2 is 2.18 bits per heavy atom. The van der Waals surface area contributed by atoms with Crippen molar-refractivity contribution in [3.63, 3.8) is 0 Å². The Labute approximate surface area is 129 Å². The fourth-order valence-electron chi connectivity index (χ4n) is 3.04. The van der Waals surface area contributed by atoms with E-state index >= 15 is 0 Å². The molecule has 1 fully saturated rings. The zero-order valence-corrected chi connectivity index (χ0v) is 13.1. The Kier molecular flexibility index (Phi) is 4.95. The molecular weight excluding hydrogens is 282 g/mol. The van der Waals surface area contributed by atoms with Crippen molar-refractivity contribution in [2.75, 3.05) is 6.54 Å². The Bertz CT molecular complexity index is 578. The van der Waals surface area contributed by atoms with Gasteiger partial charge < -0.3 is 4.90 Å². The molecule has 0 aliphatic carbocycles. The number of ketones is 1. The van der Waals surface area contributed by atoms with E-state index in [1.807, 2.05) is 13.8 Å². The predicted octanol–water partition coefficient (Wildman–Crippen LogP) is 2.19. The first-order valence-corrected chi connectivity index (χ1v) is 7.43. The molecule has 2 aliphatic rings. The van der Waals surface area contributed by atoms with Crippen molar-refractivity contribution >= 4 is 23.1 Å². The van der Waals surface area contributed by atoms with Crippen molar-refractivity contribution in [1.29, 1.82) is 5.53 Å². The number of nitrogens with zero attached hydrogens (tertiary/aromatic N) is 4. The zero-order chi connectivity index (χ0) is 16.3. The van der Waals surface area contributed by atoms with Crippen LogP contribution < -0.4 is 0 Å². The van der Waals surface area contributed by atoms with Crippen LogP contribution in [0.5, 0.6) is 0 Å². The van der Waals surface area contributed by atoms with Crippen molar-refractivity contribution in [3.8, 4) is 0 Å². The zero-order valence-electron chi connectivity index (χ0n) is 13.1. The molecule has 0 aromatic rings. The van der Waals surface area contributed by atoms with Crippen molar-refractivity contribution in [3.05, 3.63) is 12.3 Å². The third-order valence-corrected chi connectivity index (χ3v) is 4.30. The number of hydrogen-bond acceptors (Lipinski definition) is 5. The van der Waals surface area contributed by atoms with Crippen molar-refractivity contribution < 1.29 is 9.59 Å². The number of carbonyl (C=O) groups excluding carboxylic acids is 2. The van der Waals surface area contributed by atoms with Gasteiger partial charge in [0.2, 0.25) is 5.91 Å². The highest BCUT2D eigenvalue weighted by Crippen LogP contribution is 2.26. The second-order valence-electron chi connectivity index (χ2n) is 5.83. The van der Waals surface area contributed by atoms with E-state index in [1.165, 1.54) is 0 Å². The Morgan fingerprint density at radius 3 is 2.82 bits per heavy atom. The van der Waals surface area contributed by atoms with Gasteiger partial charge in [-0.05, 0) is 13.8 Å². The third kappa shape index (κ3) is 3.18. The van der Waals surface area contributed by atoms with Crippen molar-refractivity contribution in [2.45, 2.75) is 39.7 Å². The average Bonchev–Trinajstić information content (AvgIpc) is 2.47. The minimum atomic E-state index is -0.320. The number of Topliss-reactive ketones (excluding diaryl/α,β-unsaturated/α-hetero) is 1. The smallest absolute Gasteiger partial charge is 0.230 e. The maximum Gasteiger partial charge on any atom is 0.230 e. The van der Waals surface area contributed by atoms with Gasteiger partial charge in [-0.25, -0.2) is 0 Å². The number of carbonyl (C=O) groups is 2. The highest BCUT2D eigenvalue weighted by atomic mass is 16.2. The van der Waals surface area contributed by atoms with Crippen LogP contribution in [0.4, 0.5) is 0 Å². The summed E-state index contributed by atoms with van der Waals surface area (Å²) in [6.07, 6.45) is 4.27. The Balaban J connectivity index is 2.16. The minimum absolute atomic E-state index is 0.0202. The van der Waals surface area contributed by atoms with E-state index in [0.717, 1.165) is 0 Å². The normalized spacial score (nSPS) is 29.3. The van der Waals surface area contributed by atoms with Gasteiger partial charge >= 0.3 is 0 Å². The van der Waals surface area contributed by atoms with Crippen molar-refractivity contribution in [1.82, 2.24) is 4.90 Å². The molecular formula is C15H21N5O2. The van der Waals surface area contributed by atoms with Crippen LogP contribution in [-0.4, -0.2) is 40.6 Å². The molecule has 2 unspecified atom stereocenters. The van der Waals surface area contributed by atoms with Gasteiger partial charge in [-0.1, -0.05) is 18.2 Å². The first kappa shape index (κ1) is 16.2. The lowest BCUT2D eigenvalue weighted by Crippen LogP contribution is -2.49. The molecule has 0 aromatic heterocycles.